The molecule has 12 nitrogen and oxygen atoms in total. The van der Waals surface area contributed by atoms with Gasteiger partial charge in [0, 0.05) is 6.42 Å². The fourth-order valence-electron chi connectivity index (χ4n) is 1.99. The van der Waals surface area contributed by atoms with Gasteiger partial charge in [-0.15, -0.1) is 0 Å². The molecule has 0 fully saturated rings. The molecule has 0 aromatic rings. The molecule has 4 atom stereocenters. The minimum Gasteiger partial charge on any atom is -0.480 e. The number of rotatable bonds is 13. The van der Waals surface area contributed by atoms with Crippen molar-refractivity contribution in [3.8, 4) is 0 Å². The summed E-state index contributed by atoms with van der Waals surface area (Å²) in [7, 11) is 0. The van der Waals surface area contributed by atoms with Crippen molar-refractivity contribution in [1.29, 1.82) is 0 Å². The number of amides is 2. The van der Waals surface area contributed by atoms with E-state index in [1.165, 1.54) is 6.92 Å². The second-order valence-electron chi connectivity index (χ2n) is 6.05. The summed E-state index contributed by atoms with van der Waals surface area (Å²) >= 11 is 0. The standard InChI is InChI=1S/C15H26N4O8.CH4/c1-7(13(22)23)18-12(21)10(4-2-3-8(16)14(24)25)19-11(20)6-5-9(17)15(26)27;/h7-10H,2-6,16-17H2,1H3,(H,18,21)(H,19,20)(H,22,23)(H,24,25)(H,26,27);1H4/t7-,8-,9-,10+;/m1./s1. The number of hydrogen-bond donors (Lipinski definition) is 7. The summed E-state index contributed by atoms with van der Waals surface area (Å²) < 4.78 is 0. The van der Waals surface area contributed by atoms with Crippen LogP contribution >= 0.6 is 0 Å². The highest BCUT2D eigenvalue weighted by Crippen LogP contribution is 2.06. The number of carboxylic acid groups (broad SMARTS) is 3. The average Bonchev–Trinajstić information content (AvgIpc) is 2.57. The Morgan fingerprint density at radius 1 is 0.821 bits per heavy atom. The molecule has 0 bridgehead atoms. The molecule has 0 aromatic carbocycles. The minimum absolute atomic E-state index is 0. The van der Waals surface area contributed by atoms with Crippen molar-refractivity contribution < 1.29 is 39.3 Å². The maximum atomic E-state index is 12.2. The molecule has 0 unspecified atom stereocenters. The Balaban J connectivity index is 0. The Bertz CT molecular complexity index is 569. The zero-order chi connectivity index (χ0) is 21.1. The Kier molecular flexibility index (Phi) is 13.2. The molecule has 0 rings (SSSR count). The van der Waals surface area contributed by atoms with Crippen LogP contribution in [0.4, 0.5) is 0 Å². The topological polar surface area (TPSA) is 222 Å². The van der Waals surface area contributed by atoms with E-state index in [1.54, 1.807) is 0 Å². The number of aliphatic carboxylic acids is 3. The van der Waals surface area contributed by atoms with Gasteiger partial charge in [-0.25, -0.2) is 0 Å². The summed E-state index contributed by atoms with van der Waals surface area (Å²) in [4.78, 5) is 56.3. The molecule has 0 aliphatic carbocycles. The van der Waals surface area contributed by atoms with Gasteiger partial charge in [0.2, 0.25) is 11.8 Å². The first-order valence-electron chi connectivity index (χ1n) is 8.25. The molecular formula is C16H30N4O8. The van der Waals surface area contributed by atoms with Crippen molar-refractivity contribution in [1.82, 2.24) is 10.6 Å². The zero-order valence-corrected chi connectivity index (χ0v) is 14.9. The van der Waals surface area contributed by atoms with Gasteiger partial charge in [-0.3, -0.25) is 24.0 Å². The van der Waals surface area contributed by atoms with Gasteiger partial charge in [0.1, 0.15) is 24.2 Å². The van der Waals surface area contributed by atoms with Gasteiger partial charge in [-0.1, -0.05) is 7.43 Å². The third-order valence-corrected chi connectivity index (χ3v) is 3.71. The normalized spacial score (nSPS) is 14.5. The third-order valence-electron chi connectivity index (χ3n) is 3.71. The van der Waals surface area contributed by atoms with Crippen molar-refractivity contribution in [3.05, 3.63) is 0 Å². The molecule has 0 heterocycles. The molecule has 2 amide bonds. The number of carboxylic acids is 3. The maximum absolute atomic E-state index is 12.2. The van der Waals surface area contributed by atoms with E-state index in [4.69, 9.17) is 26.8 Å². The van der Waals surface area contributed by atoms with Crippen LogP contribution in [0.15, 0.2) is 0 Å². The van der Waals surface area contributed by atoms with Crippen LogP contribution in [0, 0.1) is 0 Å². The summed E-state index contributed by atoms with van der Waals surface area (Å²) in [6.07, 6.45) is -0.142. The van der Waals surface area contributed by atoms with Crippen LogP contribution in [-0.2, 0) is 24.0 Å². The smallest absolute Gasteiger partial charge is 0.325 e. The Labute approximate surface area is 162 Å². The molecule has 0 spiro atoms. The van der Waals surface area contributed by atoms with Crippen LogP contribution in [0.2, 0.25) is 0 Å². The maximum Gasteiger partial charge on any atom is 0.325 e. The van der Waals surface area contributed by atoms with E-state index in [1.807, 2.05) is 0 Å². The van der Waals surface area contributed by atoms with Crippen molar-refractivity contribution in [2.24, 2.45) is 11.5 Å². The molecule has 0 aromatic heterocycles. The monoisotopic (exact) mass is 406 g/mol. The highest BCUT2D eigenvalue weighted by Gasteiger charge is 2.25. The van der Waals surface area contributed by atoms with E-state index in [2.05, 4.69) is 10.6 Å². The molecule has 162 valence electrons. The van der Waals surface area contributed by atoms with Crippen molar-refractivity contribution in [2.75, 3.05) is 0 Å². The molecule has 0 aliphatic rings. The van der Waals surface area contributed by atoms with Gasteiger partial charge in [0.05, 0.1) is 0 Å². The van der Waals surface area contributed by atoms with Crippen LogP contribution in [-0.4, -0.2) is 69.2 Å². The van der Waals surface area contributed by atoms with E-state index < -0.39 is 53.9 Å². The molecule has 0 radical (unpaired) electrons. The fraction of sp³-hybridized carbons (Fsp3) is 0.688. The first-order chi connectivity index (χ1) is 12.5. The van der Waals surface area contributed by atoms with E-state index in [0.717, 1.165) is 0 Å². The number of nitrogens with two attached hydrogens (primary N) is 2. The van der Waals surface area contributed by atoms with Crippen LogP contribution in [0.25, 0.3) is 0 Å². The summed E-state index contributed by atoms with van der Waals surface area (Å²) in [5, 5.41) is 30.9. The van der Waals surface area contributed by atoms with Crippen LogP contribution < -0.4 is 22.1 Å². The molecule has 0 saturated carbocycles. The molecule has 28 heavy (non-hydrogen) atoms. The molecule has 9 N–H and O–H groups in total. The van der Waals surface area contributed by atoms with Gasteiger partial charge in [-0.2, -0.15) is 0 Å². The molecule has 0 saturated heterocycles. The largest absolute Gasteiger partial charge is 0.480 e. The van der Waals surface area contributed by atoms with Crippen LogP contribution in [0.5, 0.6) is 0 Å². The average molecular weight is 406 g/mol. The predicted octanol–water partition coefficient (Wildman–Crippen LogP) is -1.53. The van der Waals surface area contributed by atoms with Crippen molar-refractivity contribution in [2.45, 2.75) is 70.6 Å². The first-order valence-corrected chi connectivity index (χ1v) is 8.25. The zero-order valence-electron chi connectivity index (χ0n) is 14.9. The van der Waals surface area contributed by atoms with Gasteiger partial charge in [-0.05, 0) is 32.6 Å². The lowest BCUT2D eigenvalue weighted by molar-refractivity contribution is -0.142. The summed E-state index contributed by atoms with van der Waals surface area (Å²) in [6, 6.07) is -4.68. The van der Waals surface area contributed by atoms with Crippen LogP contribution in [0.3, 0.4) is 0 Å². The second-order valence-corrected chi connectivity index (χ2v) is 6.05. The Hall–Kier alpha value is -2.73. The molecular weight excluding hydrogens is 376 g/mol. The lowest BCUT2D eigenvalue weighted by Crippen LogP contribution is -2.51. The van der Waals surface area contributed by atoms with Crippen molar-refractivity contribution >= 4 is 29.7 Å². The van der Waals surface area contributed by atoms with Gasteiger partial charge in [0.15, 0.2) is 0 Å². The lowest BCUT2D eigenvalue weighted by Gasteiger charge is -2.20. The molecule has 0 aliphatic heterocycles. The Morgan fingerprint density at radius 3 is 1.79 bits per heavy atom. The van der Waals surface area contributed by atoms with Gasteiger partial charge < -0.3 is 37.4 Å². The third kappa shape index (κ3) is 11.1. The number of hydrogen-bond acceptors (Lipinski definition) is 7. The number of nitrogens with one attached hydrogen (secondary N) is 2. The molecule has 12 heteroatoms. The summed E-state index contributed by atoms with van der Waals surface area (Å²) in [6.45, 7) is 1.24. The fourth-order valence-corrected chi connectivity index (χ4v) is 1.99. The SMILES string of the molecule is C.C[C@@H](NC(=O)[C@H](CCC[C@@H](N)C(=O)O)NC(=O)CC[C@@H](N)C(=O)O)C(=O)O. The van der Waals surface area contributed by atoms with Crippen LogP contribution in [0.1, 0.15) is 46.5 Å². The van der Waals surface area contributed by atoms with E-state index in [9.17, 15) is 24.0 Å². The van der Waals surface area contributed by atoms with Gasteiger partial charge >= 0.3 is 17.9 Å². The van der Waals surface area contributed by atoms with Crippen molar-refractivity contribution in [3.63, 3.8) is 0 Å². The van der Waals surface area contributed by atoms with E-state index in [-0.39, 0.29) is 39.5 Å². The number of carbonyl (C=O) groups is 5. The quantitative estimate of drug-likeness (QED) is 0.187. The highest BCUT2D eigenvalue weighted by molar-refractivity contribution is 5.90. The highest BCUT2D eigenvalue weighted by atomic mass is 16.4. The summed E-state index contributed by atoms with van der Waals surface area (Å²) in [5.41, 5.74) is 10.7. The predicted molar refractivity (Wildman–Crippen MR) is 98.2 cm³/mol. The lowest BCUT2D eigenvalue weighted by atomic mass is 10.0. The first kappa shape index (κ1) is 27.5. The van der Waals surface area contributed by atoms with E-state index in [0.29, 0.717) is 0 Å². The summed E-state index contributed by atoms with van der Waals surface area (Å²) in [5.74, 6) is -5.15. The second kappa shape index (κ2) is 13.4. The van der Waals surface area contributed by atoms with E-state index >= 15 is 0 Å². The number of carbonyl (C=O) groups excluding carboxylic acids is 2. The minimum atomic E-state index is -1.27. The van der Waals surface area contributed by atoms with Gasteiger partial charge in [0.25, 0.3) is 0 Å². The Morgan fingerprint density at radius 2 is 1.32 bits per heavy atom.